The molecule has 34 heavy (non-hydrogen) atoms. The van der Waals surface area contributed by atoms with E-state index in [0.29, 0.717) is 34.9 Å². The fourth-order valence-corrected chi connectivity index (χ4v) is 4.78. The van der Waals surface area contributed by atoms with E-state index in [1.54, 1.807) is 0 Å². The van der Waals surface area contributed by atoms with Gasteiger partial charge in [-0.05, 0) is 18.2 Å². The molecule has 0 aliphatic carbocycles. The van der Waals surface area contributed by atoms with Crippen LogP contribution >= 0.6 is 0 Å². The Hall–Kier alpha value is -3.00. The summed E-state index contributed by atoms with van der Waals surface area (Å²) in [5.74, 6) is -1.85. The van der Waals surface area contributed by atoms with Crippen LogP contribution in [0.5, 0.6) is 5.75 Å². The number of halogens is 6. The van der Waals surface area contributed by atoms with Gasteiger partial charge < -0.3 is 14.9 Å². The molecule has 0 bridgehead atoms. The number of nitrogens with zero attached hydrogens (tertiary/aromatic N) is 4. The van der Waals surface area contributed by atoms with Crippen LogP contribution in [-0.2, 0) is 22.4 Å². The monoisotopic (exact) mass is 512 g/mol. The summed E-state index contributed by atoms with van der Waals surface area (Å²) in [6, 6.07) is 2.80. The average molecular weight is 512 g/mol. The Balaban J connectivity index is 1.90. The number of aliphatic hydroxyl groups is 2. The van der Waals surface area contributed by atoms with Gasteiger partial charge in [-0.15, -0.1) is 0 Å². The first kappa shape index (κ1) is 25.6. The molecule has 1 saturated heterocycles. The average Bonchev–Trinajstić information content (AvgIpc) is 3.10. The summed E-state index contributed by atoms with van der Waals surface area (Å²) in [5.41, 5.74) is -4.29. The van der Waals surface area contributed by atoms with Gasteiger partial charge in [-0.3, -0.25) is 0 Å². The van der Waals surface area contributed by atoms with Crippen LogP contribution in [0.3, 0.4) is 0 Å². The fraction of sp³-hybridized carbons (Fsp3) is 0.389. The summed E-state index contributed by atoms with van der Waals surface area (Å²) < 4.78 is 108. The summed E-state index contributed by atoms with van der Waals surface area (Å²) in [4.78, 5) is 5.36. The van der Waals surface area contributed by atoms with Gasteiger partial charge in [-0.2, -0.15) is 35.9 Å². The molecule has 2 atom stereocenters. The van der Waals surface area contributed by atoms with Crippen LogP contribution in [0.4, 0.5) is 26.3 Å². The van der Waals surface area contributed by atoms with Crippen LogP contribution in [0, 0.1) is 11.3 Å². The first-order chi connectivity index (χ1) is 15.6. The molecule has 1 aromatic carbocycles. The lowest BCUT2D eigenvalue weighted by Crippen LogP contribution is -2.48. The van der Waals surface area contributed by atoms with Gasteiger partial charge in [0.25, 0.3) is 0 Å². The topological polar surface area (TPSA) is 137 Å². The number of alkyl halides is 6. The number of aliphatic hydroxyl groups excluding tert-OH is 1. The highest BCUT2D eigenvalue weighted by Crippen LogP contribution is 2.35. The van der Waals surface area contributed by atoms with E-state index < -0.39 is 75.6 Å². The van der Waals surface area contributed by atoms with Crippen molar-refractivity contribution in [1.82, 2.24) is 14.3 Å². The number of rotatable bonds is 5. The lowest BCUT2D eigenvalue weighted by Gasteiger charge is -2.26. The second kappa shape index (κ2) is 8.65. The molecule has 1 aliphatic heterocycles. The fourth-order valence-electron chi connectivity index (χ4n) is 3.15. The largest absolute Gasteiger partial charge is 0.483 e. The maximum atomic E-state index is 13.0. The molecule has 16 heteroatoms. The third kappa shape index (κ3) is 4.92. The van der Waals surface area contributed by atoms with Gasteiger partial charge in [-0.25, -0.2) is 18.4 Å². The van der Waals surface area contributed by atoms with E-state index in [-0.39, 0.29) is 5.75 Å². The van der Waals surface area contributed by atoms with Crippen molar-refractivity contribution in [2.24, 2.45) is 0 Å². The smallest absolute Gasteiger partial charge is 0.451 e. The van der Waals surface area contributed by atoms with Crippen molar-refractivity contribution >= 4 is 10.0 Å². The molecule has 0 radical (unpaired) electrons. The molecule has 1 aliphatic rings. The van der Waals surface area contributed by atoms with Crippen LogP contribution in [0.15, 0.2) is 35.5 Å². The Morgan fingerprint density at radius 1 is 1.18 bits per heavy atom. The quantitative estimate of drug-likeness (QED) is 0.576. The number of hydrogen-bond donors (Lipinski definition) is 2. The molecule has 2 heterocycles. The lowest BCUT2D eigenvalue weighted by molar-refractivity contribution is -0.145. The van der Waals surface area contributed by atoms with E-state index in [9.17, 15) is 50.2 Å². The SMILES string of the molecule is N#Cc1cc(C(F)(F)F)ccc1S(=O)(=O)N1CC(Oc2cnc(C(F)(F)F)nc2)[C@](O)(CO)C1. The predicted octanol–water partition coefficient (Wildman–Crippen LogP) is 1.56. The van der Waals surface area contributed by atoms with Crippen LogP contribution in [0.2, 0.25) is 0 Å². The van der Waals surface area contributed by atoms with Crippen molar-refractivity contribution in [2.75, 3.05) is 19.7 Å². The Morgan fingerprint density at radius 3 is 2.29 bits per heavy atom. The van der Waals surface area contributed by atoms with Crippen LogP contribution in [-0.4, -0.2) is 64.3 Å². The maximum absolute atomic E-state index is 13.0. The van der Waals surface area contributed by atoms with E-state index in [4.69, 9.17) is 4.74 Å². The minimum atomic E-state index is -4.83. The first-order valence-electron chi connectivity index (χ1n) is 9.12. The summed E-state index contributed by atoms with van der Waals surface area (Å²) >= 11 is 0. The number of benzene rings is 1. The number of ether oxygens (including phenoxy) is 1. The third-order valence-corrected chi connectivity index (χ3v) is 6.77. The van der Waals surface area contributed by atoms with E-state index >= 15 is 0 Å². The lowest BCUT2D eigenvalue weighted by atomic mass is 10.0. The number of aromatic nitrogens is 2. The molecular weight excluding hydrogens is 498 g/mol. The second-order valence-corrected chi connectivity index (χ2v) is 9.13. The molecule has 0 amide bonds. The summed E-state index contributed by atoms with van der Waals surface area (Å²) in [6.07, 6.45) is -9.92. The van der Waals surface area contributed by atoms with Gasteiger partial charge in [0, 0.05) is 6.54 Å². The van der Waals surface area contributed by atoms with Crippen LogP contribution < -0.4 is 4.74 Å². The van der Waals surface area contributed by atoms with Crippen molar-refractivity contribution in [3.05, 3.63) is 47.5 Å². The summed E-state index contributed by atoms with van der Waals surface area (Å²) in [6.45, 7) is -2.49. The Bertz CT molecular complexity index is 1210. The number of hydrogen-bond acceptors (Lipinski definition) is 8. The van der Waals surface area contributed by atoms with E-state index in [2.05, 4.69) is 9.97 Å². The molecule has 9 nitrogen and oxygen atoms in total. The molecule has 0 saturated carbocycles. The van der Waals surface area contributed by atoms with Crippen molar-refractivity contribution in [3.8, 4) is 11.8 Å². The van der Waals surface area contributed by atoms with Gasteiger partial charge in [0.05, 0.1) is 41.6 Å². The minimum absolute atomic E-state index is 0.356. The third-order valence-electron chi connectivity index (χ3n) is 4.90. The highest BCUT2D eigenvalue weighted by atomic mass is 32.2. The van der Waals surface area contributed by atoms with Gasteiger partial charge in [0.1, 0.15) is 17.8 Å². The molecule has 0 spiro atoms. The highest BCUT2D eigenvalue weighted by molar-refractivity contribution is 7.89. The zero-order valence-corrected chi connectivity index (χ0v) is 17.5. The standard InChI is InChI=1S/C18H14F6N4O5S/c19-17(20,21)11-1-2-13(10(3-11)4-25)34(31,32)28-7-14(16(30,8-28)9-29)33-12-5-26-15(27-6-12)18(22,23)24/h1-3,5-6,14,29-30H,7-9H2/t14?,16-/m1/s1. The Morgan fingerprint density at radius 2 is 1.79 bits per heavy atom. The summed E-state index contributed by atoms with van der Waals surface area (Å²) in [7, 11) is -4.66. The van der Waals surface area contributed by atoms with Crippen molar-refractivity contribution in [2.45, 2.75) is 29.0 Å². The number of β-amino-alcohol motifs (C(OH)–C–C–N with tert-alkyl or cyclic N) is 1. The van der Waals surface area contributed by atoms with Crippen LogP contribution in [0.1, 0.15) is 17.0 Å². The van der Waals surface area contributed by atoms with E-state index in [1.165, 1.54) is 6.07 Å². The Kier molecular flexibility index (Phi) is 6.52. The van der Waals surface area contributed by atoms with Gasteiger partial charge >= 0.3 is 12.4 Å². The van der Waals surface area contributed by atoms with E-state index in [0.717, 1.165) is 0 Å². The zero-order valence-electron chi connectivity index (χ0n) is 16.7. The molecule has 1 unspecified atom stereocenters. The molecule has 1 fully saturated rings. The molecule has 1 aromatic heterocycles. The molecular formula is C18H14F6N4O5S. The number of nitriles is 1. The molecule has 184 valence electrons. The van der Waals surface area contributed by atoms with E-state index in [1.807, 2.05) is 0 Å². The second-order valence-electron chi connectivity index (χ2n) is 7.23. The maximum Gasteiger partial charge on any atom is 0.451 e. The van der Waals surface area contributed by atoms with Crippen molar-refractivity contribution in [3.63, 3.8) is 0 Å². The van der Waals surface area contributed by atoms with Crippen molar-refractivity contribution < 1.29 is 49.7 Å². The van der Waals surface area contributed by atoms with Crippen LogP contribution in [0.25, 0.3) is 0 Å². The first-order valence-corrected chi connectivity index (χ1v) is 10.6. The van der Waals surface area contributed by atoms with Gasteiger partial charge in [0.2, 0.25) is 15.8 Å². The molecule has 3 rings (SSSR count). The van der Waals surface area contributed by atoms with Gasteiger partial charge in [0.15, 0.2) is 5.75 Å². The molecule has 2 aromatic rings. The van der Waals surface area contributed by atoms with Gasteiger partial charge in [-0.1, -0.05) is 0 Å². The van der Waals surface area contributed by atoms with Crippen molar-refractivity contribution in [1.29, 1.82) is 5.26 Å². The predicted molar refractivity (Wildman–Crippen MR) is 98.4 cm³/mol. The zero-order chi connectivity index (χ0) is 25.5. The Labute approximate surface area is 187 Å². The number of sulfonamides is 1. The normalized spacial score (nSPS) is 21.9. The summed E-state index contributed by atoms with van der Waals surface area (Å²) in [5, 5.41) is 29.4. The highest BCUT2D eigenvalue weighted by Gasteiger charge is 2.51. The molecule has 2 N–H and O–H groups in total. The minimum Gasteiger partial charge on any atom is -0.483 e.